The van der Waals surface area contributed by atoms with Crippen LogP contribution in [0.2, 0.25) is 5.02 Å². The van der Waals surface area contributed by atoms with E-state index >= 15 is 0 Å². The maximum absolute atomic E-state index is 11.8. The summed E-state index contributed by atoms with van der Waals surface area (Å²) >= 11 is 5.73. The molecule has 114 valence electrons. The van der Waals surface area contributed by atoms with E-state index in [0.29, 0.717) is 30.6 Å². The molecule has 0 spiro atoms. The van der Waals surface area contributed by atoms with Crippen LogP contribution in [0.25, 0.3) is 0 Å². The van der Waals surface area contributed by atoms with Crippen molar-refractivity contribution in [1.29, 1.82) is 0 Å². The van der Waals surface area contributed by atoms with E-state index in [2.05, 4.69) is 4.98 Å². The van der Waals surface area contributed by atoms with Gasteiger partial charge in [0.15, 0.2) is 0 Å². The molecule has 0 radical (unpaired) electrons. The summed E-state index contributed by atoms with van der Waals surface area (Å²) in [6.07, 6.45) is 1.74. The minimum Gasteiger partial charge on any atom is -0.471 e. The molecular formula is C14H17ClN2O4. The van der Waals surface area contributed by atoms with Crippen LogP contribution in [0.3, 0.4) is 0 Å². The third-order valence-corrected chi connectivity index (χ3v) is 3.26. The molecule has 6 nitrogen and oxygen atoms in total. The van der Waals surface area contributed by atoms with Crippen molar-refractivity contribution in [3.8, 4) is 5.88 Å². The lowest BCUT2D eigenvalue weighted by Gasteiger charge is -2.38. The van der Waals surface area contributed by atoms with E-state index in [0.717, 1.165) is 0 Å². The zero-order chi connectivity index (χ0) is 15.2. The van der Waals surface area contributed by atoms with Gasteiger partial charge < -0.3 is 14.4 Å². The average Bonchev–Trinajstić information content (AvgIpc) is 2.42. The number of carbonyl (C=O) groups is 2. The first-order valence-electron chi connectivity index (χ1n) is 6.80. The molecule has 0 aliphatic carbocycles. The maximum Gasteiger partial charge on any atom is 0.306 e. The van der Waals surface area contributed by atoms with Crippen molar-refractivity contribution in [2.45, 2.75) is 25.9 Å². The summed E-state index contributed by atoms with van der Waals surface area (Å²) in [6, 6.07) is 3.39. The number of pyridine rings is 1. The molecule has 0 N–H and O–H groups in total. The van der Waals surface area contributed by atoms with Crippen LogP contribution in [-0.2, 0) is 14.3 Å². The second-order valence-corrected chi connectivity index (χ2v) is 5.09. The fourth-order valence-electron chi connectivity index (χ4n) is 1.92. The molecule has 2 heterocycles. The Morgan fingerprint density at radius 1 is 1.38 bits per heavy atom. The second-order valence-electron chi connectivity index (χ2n) is 4.66. The number of esters is 1. The summed E-state index contributed by atoms with van der Waals surface area (Å²) in [7, 11) is 0. The van der Waals surface area contributed by atoms with Gasteiger partial charge in [-0.15, -0.1) is 0 Å². The molecule has 1 aliphatic heterocycles. The van der Waals surface area contributed by atoms with Crippen LogP contribution < -0.4 is 4.74 Å². The lowest BCUT2D eigenvalue weighted by Crippen LogP contribution is -2.56. The number of likely N-dealkylation sites (tertiary alicyclic amines) is 1. The van der Waals surface area contributed by atoms with E-state index in [-0.39, 0.29) is 30.8 Å². The van der Waals surface area contributed by atoms with Crippen molar-refractivity contribution in [1.82, 2.24) is 9.88 Å². The summed E-state index contributed by atoms with van der Waals surface area (Å²) in [5, 5.41) is 0.548. The Morgan fingerprint density at radius 2 is 2.14 bits per heavy atom. The molecule has 2 rings (SSSR count). The normalized spacial score (nSPS) is 14.5. The molecule has 7 heteroatoms. The highest BCUT2D eigenvalue weighted by Crippen LogP contribution is 2.18. The van der Waals surface area contributed by atoms with Gasteiger partial charge >= 0.3 is 5.97 Å². The maximum atomic E-state index is 11.8. The SMILES string of the molecule is CCOC(=O)CCC(=O)N1CC(Oc2ccc(Cl)cn2)C1. The van der Waals surface area contributed by atoms with Crippen LogP contribution >= 0.6 is 11.6 Å². The summed E-state index contributed by atoms with van der Waals surface area (Å²) in [4.78, 5) is 28.7. The summed E-state index contributed by atoms with van der Waals surface area (Å²) in [5.74, 6) is 0.0829. The molecule has 0 atom stereocenters. The number of carbonyl (C=O) groups excluding carboxylic acids is 2. The number of nitrogens with zero attached hydrogens (tertiary/aromatic N) is 2. The molecule has 1 fully saturated rings. The van der Waals surface area contributed by atoms with E-state index in [9.17, 15) is 9.59 Å². The Bertz CT molecular complexity index is 500. The minimum atomic E-state index is -0.343. The number of ether oxygens (including phenoxy) is 2. The summed E-state index contributed by atoms with van der Waals surface area (Å²) in [5.41, 5.74) is 0. The Hall–Kier alpha value is -1.82. The van der Waals surface area contributed by atoms with Gasteiger partial charge in [0, 0.05) is 18.7 Å². The predicted octanol–water partition coefficient (Wildman–Crippen LogP) is 1.67. The van der Waals surface area contributed by atoms with E-state index in [4.69, 9.17) is 21.1 Å². The van der Waals surface area contributed by atoms with Gasteiger partial charge in [-0.1, -0.05) is 11.6 Å². The number of rotatable bonds is 6. The molecule has 1 aromatic heterocycles. The quantitative estimate of drug-likeness (QED) is 0.747. The van der Waals surface area contributed by atoms with Gasteiger partial charge in [-0.05, 0) is 13.0 Å². The van der Waals surface area contributed by atoms with Crippen LogP contribution in [0.1, 0.15) is 19.8 Å². The monoisotopic (exact) mass is 312 g/mol. The third-order valence-electron chi connectivity index (χ3n) is 3.04. The van der Waals surface area contributed by atoms with Gasteiger partial charge in [-0.25, -0.2) is 4.98 Å². The molecule has 1 aliphatic rings. The highest BCUT2D eigenvalue weighted by Gasteiger charge is 2.32. The van der Waals surface area contributed by atoms with Gasteiger partial charge in [-0.2, -0.15) is 0 Å². The Labute approximate surface area is 128 Å². The molecule has 1 amide bonds. The molecule has 0 aromatic carbocycles. The molecule has 0 bridgehead atoms. The average molecular weight is 313 g/mol. The number of aromatic nitrogens is 1. The smallest absolute Gasteiger partial charge is 0.306 e. The highest BCUT2D eigenvalue weighted by molar-refractivity contribution is 6.30. The fourth-order valence-corrected chi connectivity index (χ4v) is 2.03. The van der Waals surface area contributed by atoms with Gasteiger partial charge in [-0.3, -0.25) is 9.59 Å². The third kappa shape index (κ3) is 4.60. The van der Waals surface area contributed by atoms with Crippen molar-refractivity contribution in [3.63, 3.8) is 0 Å². The molecule has 21 heavy (non-hydrogen) atoms. The van der Waals surface area contributed by atoms with Crippen molar-refractivity contribution in [2.24, 2.45) is 0 Å². The Balaban J connectivity index is 1.67. The minimum absolute atomic E-state index is 0.0630. The first-order chi connectivity index (χ1) is 10.1. The number of hydrogen-bond donors (Lipinski definition) is 0. The van der Waals surface area contributed by atoms with Crippen molar-refractivity contribution in [3.05, 3.63) is 23.4 Å². The summed E-state index contributed by atoms with van der Waals surface area (Å²) in [6.45, 7) is 3.08. The van der Waals surface area contributed by atoms with Gasteiger partial charge in [0.05, 0.1) is 31.1 Å². The Kier molecular flexibility index (Phi) is 5.38. The van der Waals surface area contributed by atoms with Gasteiger partial charge in [0.25, 0.3) is 0 Å². The van der Waals surface area contributed by atoms with Crippen molar-refractivity contribution < 1.29 is 19.1 Å². The van der Waals surface area contributed by atoms with Gasteiger partial charge in [0.2, 0.25) is 11.8 Å². The highest BCUT2D eigenvalue weighted by atomic mass is 35.5. The van der Waals surface area contributed by atoms with E-state index in [1.54, 1.807) is 24.0 Å². The van der Waals surface area contributed by atoms with Crippen molar-refractivity contribution >= 4 is 23.5 Å². The first kappa shape index (κ1) is 15.6. The zero-order valence-electron chi connectivity index (χ0n) is 11.8. The molecule has 0 saturated carbocycles. The molecular weight excluding hydrogens is 296 g/mol. The fraction of sp³-hybridized carbons (Fsp3) is 0.500. The topological polar surface area (TPSA) is 68.7 Å². The van der Waals surface area contributed by atoms with E-state index in [1.165, 1.54) is 6.20 Å². The standard InChI is InChI=1S/C14H17ClN2O4/c1-2-20-14(19)6-5-13(18)17-8-11(9-17)21-12-4-3-10(15)7-16-12/h3-4,7,11H,2,5-6,8-9H2,1H3. The van der Waals surface area contributed by atoms with Crippen LogP contribution in [0.15, 0.2) is 18.3 Å². The largest absolute Gasteiger partial charge is 0.471 e. The van der Waals surface area contributed by atoms with Crippen LogP contribution in [-0.4, -0.2) is 47.6 Å². The zero-order valence-corrected chi connectivity index (χ0v) is 12.5. The number of amides is 1. The molecule has 1 aromatic rings. The predicted molar refractivity (Wildman–Crippen MR) is 76.1 cm³/mol. The summed E-state index contributed by atoms with van der Waals surface area (Å²) < 4.78 is 10.4. The van der Waals surface area contributed by atoms with Gasteiger partial charge in [0.1, 0.15) is 6.10 Å². The lowest BCUT2D eigenvalue weighted by molar-refractivity contribution is -0.148. The van der Waals surface area contributed by atoms with E-state index < -0.39 is 0 Å². The Morgan fingerprint density at radius 3 is 2.76 bits per heavy atom. The second kappa shape index (κ2) is 7.26. The van der Waals surface area contributed by atoms with E-state index in [1.807, 2.05) is 0 Å². The van der Waals surface area contributed by atoms with Crippen LogP contribution in [0.4, 0.5) is 0 Å². The lowest BCUT2D eigenvalue weighted by atomic mass is 10.1. The number of hydrogen-bond acceptors (Lipinski definition) is 5. The van der Waals surface area contributed by atoms with Crippen LogP contribution in [0, 0.1) is 0 Å². The first-order valence-corrected chi connectivity index (χ1v) is 7.18. The molecule has 0 unspecified atom stereocenters. The van der Waals surface area contributed by atoms with Crippen molar-refractivity contribution in [2.75, 3.05) is 19.7 Å². The molecule has 1 saturated heterocycles. The number of halogens is 1. The van der Waals surface area contributed by atoms with Crippen LogP contribution in [0.5, 0.6) is 5.88 Å².